The molecule has 1 aliphatic carbocycles. The number of nitrogens with zero attached hydrogens (tertiary/aromatic N) is 2. The van der Waals surface area contributed by atoms with E-state index >= 15 is 0 Å². The number of amides is 2. The maximum atomic E-state index is 12.0. The van der Waals surface area contributed by atoms with Crippen molar-refractivity contribution in [2.24, 2.45) is 5.73 Å². The fourth-order valence-corrected chi connectivity index (χ4v) is 4.07. The quantitative estimate of drug-likeness (QED) is 0.832. The fraction of sp³-hybridized carbons (Fsp3) is 0.350. The zero-order valence-corrected chi connectivity index (χ0v) is 14.7. The number of pyridine rings is 1. The Labute approximate surface area is 151 Å². The van der Waals surface area contributed by atoms with E-state index in [0.717, 1.165) is 54.3 Å². The minimum Gasteiger partial charge on any atom is -0.365 e. The molecule has 3 heterocycles. The molecule has 0 fully saturated rings. The van der Waals surface area contributed by atoms with Crippen LogP contribution < -0.4 is 5.73 Å². The second-order valence-corrected chi connectivity index (χ2v) is 6.91. The topological polar surface area (TPSA) is 92.1 Å². The van der Waals surface area contributed by atoms with Crippen LogP contribution in [0.1, 0.15) is 46.6 Å². The van der Waals surface area contributed by atoms with E-state index < -0.39 is 5.91 Å². The van der Waals surface area contributed by atoms with Crippen LogP contribution in [-0.4, -0.2) is 39.8 Å². The fourth-order valence-electron chi connectivity index (χ4n) is 4.07. The van der Waals surface area contributed by atoms with Gasteiger partial charge in [0.2, 0.25) is 5.91 Å². The maximum Gasteiger partial charge on any atom is 0.252 e. The molecule has 2 aromatic heterocycles. The van der Waals surface area contributed by atoms with Crippen molar-refractivity contribution in [1.29, 1.82) is 0 Å². The minimum atomic E-state index is -0.478. The normalized spacial score (nSPS) is 16.9. The molecule has 0 saturated carbocycles. The highest BCUT2D eigenvalue weighted by Gasteiger charge is 2.25. The Morgan fingerprint density at radius 2 is 2.12 bits per heavy atom. The van der Waals surface area contributed by atoms with E-state index in [1.807, 2.05) is 0 Å². The number of rotatable bonds is 3. The first kappa shape index (κ1) is 16.6. The van der Waals surface area contributed by atoms with Crippen molar-refractivity contribution in [3.63, 3.8) is 0 Å². The summed E-state index contributed by atoms with van der Waals surface area (Å²) in [4.78, 5) is 33.7. The molecule has 134 valence electrons. The summed E-state index contributed by atoms with van der Waals surface area (Å²) in [6, 6.07) is 0. The van der Waals surface area contributed by atoms with Crippen molar-refractivity contribution in [1.82, 2.24) is 14.9 Å². The van der Waals surface area contributed by atoms with Gasteiger partial charge < -0.3 is 15.6 Å². The molecule has 2 aliphatic rings. The molecule has 4 rings (SSSR count). The van der Waals surface area contributed by atoms with Crippen LogP contribution in [-0.2, 0) is 17.6 Å². The highest BCUT2D eigenvalue weighted by molar-refractivity contribution is 6.08. The number of fused-ring (bicyclic) bond motifs is 3. The number of hydrogen-bond donors (Lipinski definition) is 2. The van der Waals surface area contributed by atoms with Crippen LogP contribution in [0.2, 0.25) is 0 Å². The number of H-pyrrole nitrogens is 1. The van der Waals surface area contributed by atoms with E-state index in [1.54, 1.807) is 11.1 Å². The molecular formula is C20H22N4O2. The van der Waals surface area contributed by atoms with E-state index in [4.69, 9.17) is 5.73 Å². The second-order valence-electron chi connectivity index (χ2n) is 6.91. The van der Waals surface area contributed by atoms with Gasteiger partial charge in [-0.3, -0.25) is 14.6 Å². The van der Waals surface area contributed by atoms with Crippen LogP contribution in [0.15, 0.2) is 24.9 Å². The molecule has 0 unspecified atom stereocenters. The number of primary amides is 1. The lowest BCUT2D eigenvalue weighted by atomic mass is 9.92. The molecule has 3 N–H and O–H groups in total. The second kappa shape index (κ2) is 6.44. The molecule has 6 heteroatoms. The summed E-state index contributed by atoms with van der Waals surface area (Å²) in [7, 11) is 0. The molecule has 0 radical (unpaired) electrons. The van der Waals surface area contributed by atoms with E-state index in [0.29, 0.717) is 18.7 Å². The number of carbonyl (C=O) groups excluding carboxylic acids is 2. The number of aromatic nitrogens is 2. The molecule has 0 saturated heterocycles. The third-order valence-electron chi connectivity index (χ3n) is 5.33. The van der Waals surface area contributed by atoms with Crippen LogP contribution in [0.4, 0.5) is 0 Å². The minimum absolute atomic E-state index is 0.0725. The molecular weight excluding hydrogens is 328 g/mol. The molecule has 2 aromatic rings. The Kier molecular flexibility index (Phi) is 4.11. The lowest BCUT2D eigenvalue weighted by molar-refractivity contribution is -0.125. The smallest absolute Gasteiger partial charge is 0.252 e. The van der Waals surface area contributed by atoms with E-state index in [2.05, 4.69) is 22.6 Å². The summed E-state index contributed by atoms with van der Waals surface area (Å²) < 4.78 is 0. The summed E-state index contributed by atoms with van der Waals surface area (Å²) in [5, 5.41) is 0.996. The average molecular weight is 350 g/mol. The number of carbonyl (C=O) groups is 2. The summed E-state index contributed by atoms with van der Waals surface area (Å²) in [5.41, 5.74) is 11.1. The SMILES string of the molecule is C=CC(=O)N1CCC=C(c2ncc(C(N)=O)c3[nH]c4c(c23)CCCC4)C1. The molecule has 26 heavy (non-hydrogen) atoms. The first-order chi connectivity index (χ1) is 12.6. The van der Waals surface area contributed by atoms with Crippen LogP contribution in [0.5, 0.6) is 0 Å². The standard InChI is InChI=1S/C20H22N4O2/c1-2-16(25)24-9-5-6-12(11-24)18-17-13-7-3-4-8-15(13)23-19(17)14(10-22-18)20(21)26/h2,6,10,23H,1,3-5,7-9,11H2,(H2,21,26). The van der Waals surface area contributed by atoms with Crippen LogP contribution in [0.3, 0.4) is 0 Å². The molecule has 1 aliphatic heterocycles. The monoisotopic (exact) mass is 350 g/mol. The Hall–Kier alpha value is -2.89. The van der Waals surface area contributed by atoms with Gasteiger partial charge >= 0.3 is 0 Å². The van der Waals surface area contributed by atoms with Gasteiger partial charge in [-0.05, 0) is 49.3 Å². The predicted molar refractivity (Wildman–Crippen MR) is 101 cm³/mol. The predicted octanol–water partition coefficient (Wildman–Crippen LogP) is 2.34. The first-order valence-electron chi connectivity index (χ1n) is 9.03. The van der Waals surface area contributed by atoms with Crippen molar-refractivity contribution in [2.75, 3.05) is 13.1 Å². The molecule has 0 atom stereocenters. The number of aromatic amines is 1. The largest absolute Gasteiger partial charge is 0.365 e. The van der Waals surface area contributed by atoms with Gasteiger partial charge in [-0.25, -0.2) is 0 Å². The molecule has 2 amide bonds. The summed E-state index contributed by atoms with van der Waals surface area (Å²) >= 11 is 0. The van der Waals surface area contributed by atoms with Crippen molar-refractivity contribution >= 4 is 28.3 Å². The third kappa shape index (κ3) is 2.62. The summed E-state index contributed by atoms with van der Waals surface area (Å²) in [6.45, 7) is 4.77. The number of nitrogens with two attached hydrogens (primary N) is 1. The number of aryl methyl sites for hydroxylation is 2. The van der Waals surface area contributed by atoms with Crippen molar-refractivity contribution in [3.05, 3.63) is 47.4 Å². The summed E-state index contributed by atoms with van der Waals surface area (Å²) in [6.07, 6.45) is 10.0. The van der Waals surface area contributed by atoms with E-state index in [-0.39, 0.29) is 5.91 Å². The van der Waals surface area contributed by atoms with Crippen LogP contribution in [0.25, 0.3) is 16.5 Å². The van der Waals surface area contributed by atoms with Gasteiger partial charge in [-0.1, -0.05) is 12.7 Å². The number of nitrogens with one attached hydrogen (secondary N) is 1. The van der Waals surface area contributed by atoms with Crippen molar-refractivity contribution < 1.29 is 9.59 Å². The highest BCUT2D eigenvalue weighted by Crippen LogP contribution is 2.35. The Bertz CT molecular complexity index is 954. The third-order valence-corrected chi connectivity index (χ3v) is 5.33. The van der Waals surface area contributed by atoms with Gasteiger partial charge in [0.1, 0.15) is 0 Å². The van der Waals surface area contributed by atoms with Crippen LogP contribution >= 0.6 is 0 Å². The lowest BCUT2D eigenvalue weighted by Crippen LogP contribution is -2.34. The zero-order chi connectivity index (χ0) is 18.3. The zero-order valence-electron chi connectivity index (χ0n) is 14.7. The Morgan fingerprint density at radius 3 is 2.88 bits per heavy atom. The Balaban J connectivity index is 1.88. The first-order valence-corrected chi connectivity index (χ1v) is 9.03. The number of hydrogen-bond acceptors (Lipinski definition) is 3. The lowest BCUT2D eigenvalue weighted by Gasteiger charge is -2.26. The van der Waals surface area contributed by atoms with Gasteiger partial charge in [-0.15, -0.1) is 0 Å². The average Bonchev–Trinajstić information content (AvgIpc) is 3.06. The molecule has 0 aromatic carbocycles. The van der Waals surface area contributed by atoms with Gasteiger partial charge in [0.15, 0.2) is 0 Å². The van der Waals surface area contributed by atoms with Gasteiger partial charge in [0, 0.05) is 30.4 Å². The van der Waals surface area contributed by atoms with Crippen molar-refractivity contribution in [2.45, 2.75) is 32.1 Å². The van der Waals surface area contributed by atoms with Gasteiger partial charge in [0.25, 0.3) is 5.91 Å². The van der Waals surface area contributed by atoms with E-state index in [9.17, 15) is 9.59 Å². The summed E-state index contributed by atoms with van der Waals surface area (Å²) in [5.74, 6) is -0.551. The molecule has 0 spiro atoms. The van der Waals surface area contributed by atoms with Crippen LogP contribution in [0, 0.1) is 0 Å². The van der Waals surface area contributed by atoms with E-state index in [1.165, 1.54) is 17.3 Å². The molecule has 6 nitrogen and oxygen atoms in total. The highest BCUT2D eigenvalue weighted by atomic mass is 16.2. The van der Waals surface area contributed by atoms with Gasteiger partial charge in [-0.2, -0.15) is 0 Å². The maximum absolute atomic E-state index is 12.0. The Morgan fingerprint density at radius 1 is 1.31 bits per heavy atom. The van der Waals surface area contributed by atoms with Crippen molar-refractivity contribution in [3.8, 4) is 0 Å². The van der Waals surface area contributed by atoms with Gasteiger partial charge in [0.05, 0.1) is 16.8 Å². The molecule has 0 bridgehead atoms.